The second-order valence-corrected chi connectivity index (χ2v) is 7.55. The predicted octanol–water partition coefficient (Wildman–Crippen LogP) is 4.04. The fraction of sp³-hybridized carbons (Fsp3) is 0.160. The molecule has 1 amide bonds. The molecule has 1 atom stereocenters. The lowest BCUT2D eigenvalue weighted by atomic mass is 9.95. The van der Waals surface area contributed by atoms with Gasteiger partial charge < -0.3 is 14.9 Å². The van der Waals surface area contributed by atoms with E-state index >= 15 is 0 Å². The molecule has 1 aliphatic heterocycles. The number of hydrogen-bond donors (Lipinski definition) is 2. The second kappa shape index (κ2) is 8.19. The molecular formula is C25H22N2O5. The average molecular weight is 430 g/mol. The molecule has 1 aromatic heterocycles. The molecule has 0 aliphatic carbocycles. The molecule has 1 unspecified atom stereocenters. The minimum Gasteiger partial charge on any atom is -0.507 e. The standard InChI is InChI=1S/C25H22N2O5/c1-14-13-20(32-3)15(2)12-16(14)23(29)21-22(17-8-6-7-11-26-17)27(25(31)24(21)30)18-9-4-5-10-19(18)28/h4-13,22,28-29H,1-3H3/b23-21+. The summed E-state index contributed by atoms with van der Waals surface area (Å²) in [6.07, 6.45) is 1.54. The number of aryl methyl sites for hydroxylation is 2. The Morgan fingerprint density at radius 2 is 1.75 bits per heavy atom. The molecule has 7 heteroatoms. The molecule has 32 heavy (non-hydrogen) atoms. The van der Waals surface area contributed by atoms with E-state index in [9.17, 15) is 19.8 Å². The van der Waals surface area contributed by atoms with Gasteiger partial charge in [-0.1, -0.05) is 18.2 Å². The Morgan fingerprint density at radius 1 is 1.03 bits per heavy atom. The second-order valence-electron chi connectivity index (χ2n) is 7.55. The largest absolute Gasteiger partial charge is 0.507 e. The van der Waals surface area contributed by atoms with Crippen LogP contribution in [0.3, 0.4) is 0 Å². The topological polar surface area (TPSA) is 100.0 Å². The van der Waals surface area contributed by atoms with Crippen molar-refractivity contribution in [2.75, 3.05) is 12.0 Å². The Labute approximate surface area is 185 Å². The van der Waals surface area contributed by atoms with Crippen LogP contribution in [-0.4, -0.2) is 34.0 Å². The lowest BCUT2D eigenvalue weighted by Gasteiger charge is -2.25. The summed E-state index contributed by atoms with van der Waals surface area (Å²) in [7, 11) is 1.56. The summed E-state index contributed by atoms with van der Waals surface area (Å²) >= 11 is 0. The third-order valence-electron chi connectivity index (χ3n) is 5.55. The molecule has 7 nitrogen and oxygen atoms in total. The van der Waals surface area contributed by atoms with Gasteiger partial charge in [0.2, 0.25) is 0 Å². The SMILES string of the molecule is COc1cc(C)c(/C(O)=C2\C(=O)C(=O)N(c3ccccc3O)C2c2ccccn2)cc1C. The number of para-hydroxylation sites is 2. The number of Topliss-reactive ketones (excluding diaryl/α,β-unsaturated/α-hetero) is 1. The van der Waals surface area contributed by atoms with E-state index in [0.29, 0.717) is 22.6 Å². The van der Waals surface area contributed by atoms with Gasteiger partial charge in [-0.25, -0.2) is 0 Å². The molecule has 0 saturated carbocycles. The van der Waals surface area contributed by atoms with E-state index in [2.05, 4.69) is 4.98 Å². The number of carbonyl (C=O) groups is 2. The zero-order valence-electron chi connectivity index (χ0n) is 17.9. The highest BCUT2D eigenvalue weighted by atomic mass is 16.5. The number of ketones is 1. The lowest BCUT2D eigenvalue weighted by molar-refractivity contribution is -0.132. The van der Waals surface area contributed by atoms with Crippen LogP contribution in [0.4, 0.5) is 5.69 Å². The summed E-state index contributed by atoms with van der Waals surface area (Å²) < 4.78 is 5.34. The van der Waals surface area contributed by atoms with Crippen molar-refractivity contribution in [1.29, 1.82) is 0 Å². The summed E-state index contributed by atoms with van der Waals surface area (Å²) in [5.74, 6) is -1.53. The van der Waals surface area contributed by atoms with Crippen LogP contribution in [0.2, 0.25) is 0 Å². The summed E-state index contributed by atoms with van der Waals surface area (Å²) in [6.45, 7) is 3.61. The van der Waals surface area contributed by atoms with Crippen LogP contribution >= 0.6 is 0 Å². The minimum atomic E-state index is -1.01. The number of aromatic hydroxyl groups is 1. The molecule has 162 valence electrons. The number of rotatable bonds is 4. The van der Waals surface area contributed by atoms with E-state index in [4.69, 9.17) is 4.74 Å². The molecule has 2 heterocycles. The molecule has 1 fully saturated rings. The molecular weight excluding hydrogens is 408 g/mol. The first-order chi connectivity index (χ1) is 15.3. The van der Waals surface area contributed by atoms with Gasteiger partial charge in [-0.05, 0) is 61.4 Å². The quantitative estimate of drug-likeness (QED) is 0.368. The zero-order chi connectivity index (χ0) is 23.0. The van der Waals surface area contributed by atoms with Gasteiger partial charge in [0.15, 0.2) is 0 Å². The van der Waals surface area contributed by atoms with E-state index in [1.807, 2.05) is 6.92 Å². The van der Waals surface area contributed by atoms with E-state index in [1.54, 1.807) is 68.8 Å². The molecule has 0 spiro atoms. The molecule has 0 bridgehead atoms. The van der Waals surface area contributed by atoms with Crippen molar-refractivity contribution in [3.05, 3.63) is 88.8 Å². The van der Waals surface area contributed by atoms with E-state index in [-0.39, 0.29) is 22.8 Å². The molecule has 3 aromatic rings. The average Bonchev–Trinajstić information content (AvgIpc) is 3.06. The summed E-state index contributed by atoms with van der Waals surface area (Å²) in [6, 6.07) is 13.8. The summed E-state index contributed by atoms with van der Waals surface area (Å²) in [4.78, 5) is 31.8. The Hall–Kier alpha value is -4.13. The number of amides is 1. The highest BCUT2D eigenvalue weighted by Crippen LogP contribution is 2.44. The van der Waals surface area contributed by atoms with Gasteiger partial charge in [-0.2, -0.15) is 0 Å². The van der Waals surface area contributed by atoms with Gasteiger partial charge in [0.05, 0.1) is 24.1 Å². The van der Waals surface area contributed by atoms with E-state index < -0.39 is 17.7 Å². The van der Waals surface area contributed by atoms with Crippen LogP contribution in [0, 0.1) is 13.8 Å². The smallest absolute Gasteiger partial charge is 0.300 e. The number of ether oxygens (including phenoxy) is 1. The number of phenols is 1. The number of hydrogen-bond acceptors (Lipinski definition) is 6. The highest BCUT2D eigenvalue weighted by Gasteiger charge is 2.48. The number of aliphatic hydroxyl groups is 1. The van der Waals surface area contributed by atoms with Gasteiger partial charge in [0.1, 0.15) is 23.3 Å². The number of pyridine rings is 1. The number of carbonyl (C=O) groups excluding carboxylic acids is 2. The van der Waals surface area contributed by atoms with Gasteiger partial charge in [0, 0.05) is 11.8 Å². The Morgan fingerprint density at radius 3 is 2.41 bits per heavy atom. The minimum absolute atomic E-state index is 0.0929. The molecule has 4 rings (SSSR count). The van der Waals surface area contributed by atoms with Crippen LogP contribution in [0.15, 0.2) is 66.4 Å². The van der Waals surface area contributed by atoms with Gasteiger partial charge in [0.25, 0.3) is 11.7 Å². The first-order valence-corrected chi connectivity index (χ1v) is 10.0. The number of phenolic OH excluding ortho intramolecular Hbond substituents is 1. The van der Waals surface area contributed by atoms with Crippen LogP contribution in [-0.2, 0) is 9.59 Å². The van der Waals surface area contributed by atoms with E-state index in [0.717, 1.165) is 5.56 Å². The predicted molar refractivity (Wildman–Crippen MR) is 120 cm³/mol. The third kappa shape index (κ3) is 3.37. The van der Waals surface area contributed by atoms with Crippen LogP contribution in [0.1, 0.15) is 28.4 Å². The van der Waals surface area contributed by atoms with Crippen molar-refractivity contribution in [3.8, 4) is 11.5 Å². The fourth-order valence-electron chi connectivity index (χ4n) is 3.98. The van der Waals surface area contributed by atoms with Gasteiger partial charge in [-0.3, -0.25) is 19.5 Å². The first-order valence-electron chi connectivity index (χ1n) is 10.0. The molecule has 2 aromatic carbocycles. The molecule has 1 saturated heterocycles. The van der Waals surface area contributed by atoms with Crippen LogP contribution < -0.4 is 9.64 Å². The summed E-state index contributed by atoms with van der Waals surface area (Å²) in [5, 5.41) is 21.7. The number of aromatic nitrogens is 1. The molecule has 2 N–H and O–H groups in total. The normalized spacial score (nSPS) is 17.6. The number of nitrogens with zero attached hydrogens (tertiary/aromatic N) is 2. The number of benzene rings is 2. The number of anilines is 1. The van der Waals surface area contributed by atoms with Crippen molar-refractivity contribution < 1.29 is 24.5 Å². The number of methoxy groups -OCH3 is 1. The monoisotopic (exact) mass is 430 g/mol. The third-order valence-corrected chi connectivity index (χ3v) is 5.55. The Kier molecular flexibility index (Phi) is 5.40. The van der Waals surface area contributed by atoms with E-state index in [1.165, 1.54) is 11.0 Å². The maximum atomic E-state index is 13.2. The zero-order valence-corrected chi connectivity index (χ0v) is 17.9. The fourth-order valence-corrected chi connectivity index (χ4v) is 3.98. The highest BCUT2D eigenvalue weighted by molar-refractivity contribution is 6.51. The Bertz CT molecular complexity index is 1250. The summed E-state index contributed by atoms with van der Waals surface area (Å²) in [5.41, 5.74) is 2.32. The Balaban J connectivity index is 1.98. The van der Waals surface area contributed by atoms with Crippen molar-refractivity contribution in [2.45, 2.75) is 19.9 Å². The maximum Gasteiger partial charge on any atom is 0.300 e. The van der Waals surface area contributed by atoms with Crippen molar-refractivity contribution in [3.63, 3.8) is 0 Å². The number of aliphatic hydroxyl groups excluding tert-OH is 1. The first kappa shape index (κ1) is 21.1. The van der Waals surface area contributed by atoms with Crippen molar-refractivity contribution in [1.82, 2.24) is 4.98 Å². The maximum absolute atomic E-state index is 13.2. The molecule has 0 radical (unpaired) electrons. The van der Waals surface area contributed by atoms with Gasteiger partial charge in [-0.15, -0.1) is 0 Å². The van der Waals surface area contributed by atoms with Crippen LogP contribution in [0.25, 0.3) is 5.76 Å². The lowest BCUT2D eigenvalue weighted by Crippen LogP contribution is -2.29. The molecule has 1 aliphatic rings. The van der Waals surface area contributed by atoms with Crippen molar-refractivity contribution >= 4 is 23.1 Å². The van der Waals surface area contributed by atoms with Crippen LogP contribution in [0.5, 0.6) is 11.5 Å². The van der Waals surface area contributed by atoms with Crippen molar-refractivity contribution in [2.24, 2.45) is 0 Å². The van der Waals surface area contributed by atoms with Gasteiger partial charge >= 0.3 is 0 Å².